The molecular formula is C15H8O9. The minimum atomic E-state index is -2.74. The maximum Gasteiger partial charge on any atom is 0.334 e. The van der Waals surface area contributed by atoms with Gasteiger partial charge < -0.3 is 14.9 Å². The van der Waals surface area contributed by atoms with Gasteiger partial charge in [-0.25, -0.2) is 5.26 Å². The molecule has 1 aliphatic heterocycles. The summed E-state index contributed by atoms with van der Waals surface area (Å²) >= 11 is 0. The van der Waals surface area contributed by atoms with Crippen molar-refractivity contribution in [1.29, 1.82) is 0 Å². The zero-order valence-corrected chi connectivity index (χ0v) is 11.7. The molecule has 2 aliphatic rings. The number of Topliss-reactive ketones (excluding diaryl/α,β-unsaturated/α-hetero) is 2. The van der Waals surface area contributed by atoms with Gasteiger partial charge in [0.25, 0.3) is 5.78 Å². The van der Waals surface area contributed by atoms with Crippen LogP contribution in [0.2, 0.25) is 0 Å². The Morgan fingerprint density at radius 1 is 1.00 bits per heavy atom. The van der Waals surface area contributed by atoms with Gasteiger partial charge in [-0.3, -0.25) is 19.2 Å². The number of fused-ring (bicyclic) bond motifs is 1. The van der Waals surface area contributed by atoms with Gasteiger partial charge in [0.1, 0.15) is 22.8 Å². The fraction of sp³-hybridized carbons (Fsp3) is 0.0667. The van der Waals surface area contributed by atoms with Crippen LogP contribution in [0.5, 0.6) is 17.2 Å². The van der Waals surface area contributed by atoms with Gasteiger partial charge >= 0.3 is 5.79 Å². The number of ketones is 4. The van der Waals surface area contributed by atoms with Gasteiger partial charge in [-0.1, -0.05) is 0 Å². The number of hydrogen-bond donors (Lipinski definition) is 3. The number of carbonyl (C=O) groups excluding carboxylic acids is 4. The Kier molecular flexibility index (Phi) is 3.32. The van der Waals surface area contributed by atoms with Crippen molar-refractivity contribution in [3.63, 3.8) is 0 Å². The van der Waals surface area contributed by atoms with Crippen molar-refractivity contribution in [3.05, 3.63) is 41.5 Å². The molecule has 1 unspecified atom stereocenters. The summed E-state index contributed by atoms with van der Waals surface area (Å²) in [5.41, 5.74) is -0.935. The van der Waals surface area contributed by atoms with Gasteiger partial charge in [-0.05, 0) is 18.2 Å². The largest absolute Gasteiger partial charge is 0.508 e. The van der Waals surface area contributed by atoms with Gasteiger partial charge in [0.05, 0.1) is 0 Å². The molecule has 0 aromatic heterocycles. The monoisotopic (exact) mass is 332 g/mol. The van der Waals surface area contributed by atoms with Gasteiger partial charge in [-0.2, -0.15) is 4.89 Å². The minimum absolute atomic E-state index is 0.401. The van der Waals surface area contributed by atoms with Crippen LogP contribution >= 0.6 is 0 Å². The van der Waals surface area contributed by atoms with E-state index in [0.29, 0.717) is 6.08 Å². The third kappa shape index (κ3) is 2.03. The van der Waals surface area contributed by atoms with Crippen molar-refractivity contribution < 1.29 is 44.3 Å². The van der Waals surface area contributed by atoms with Crippen molar-refractivity contribution in [2.75, 3.05) is 0 Å². The average molecular weight is 332 g/mol. The van der Waals surface area contributed by atoms with E-state index in [2.05, 4.69) is 4.89 Å². The van der Waals surface area contributed by atoms with Crippen LogP contribution in [0.1, 0.15) is 10.4 Å². The Hall–Kier alpha value is -3.30. The molecule has 1 heterocycles. The Labute approximate surface area is 133 Å². The molecule has 0 amide bonds. The van der Waals surface area contributed by atoms with Crippen LogP contribution in [-0.2, 0) is 19.3 Å². The van der Waals surface area contributed by atoms with Crippen molar-refractivity contribution in [2.45, 2.75) is 5.79 Å². The second-order valence-electron chi connectivity index (χ2n) is 4.97. The van der Waals surface area contributed by atoms with Crippen LogP contribution in [0.3, 0.4) is 0 Å². The SMILES string of the molecule is O=C1C=CC(C2(OO)Oc3cc(O)cc(O)c3C(=O)C2=O)=CC1=O. The van der Waals surface area contributed by atoms with Crippen LogP contribution in [0.15, 0.2) is 35.9 Å². The number of carbonyl (C=O) groups is 4. The molecule has 3 N–H and O–H groups in total. The Morgan fingerprint density at radius 2 is 1.71 bits per heavy atom. The summed E-state index contributed by atoms with van der Waals surface area (Å²) in [5, 5.41) is 28.4. The van der Waals surface area contributed by atoms with Crippen LogP contribution in [0.25, 0.3) is 0 Å². The van der Waals surface area contributed by atoms with Crippen molar-refractivity contribution in [2.24, 2.45) is 0 Å². The lowest BCUT2D eigenvalue weighted by molar-refractivity contribution is -0.348. The zero-order valence-electron chi connectivity index (χ0n) is 11.7. The number of ether oxygens (including phenoxy) is 1. The molecule has 9 nitrogen and oxygen atoms in total. The Balaban J connectivity index is 2.20. The van der Waals surface area contributed by atoms with Gasteiger partial charge in [0.15, 0.2) is 0 Å². The van der Waals surface area contributed by atoms with E-state index in [1.54, 1.807) is 0 Å². The molecule has 0 bridgehead atoms. The fourth-order valence-corrected chi connectivity index (χ4v) is 2.38. The van der Waals surface area contributed by atoms with E-state index in [-0.39, 0.29) is 0 Å². The molecule has 1 aromatic carbocycles. The van der Waals surface area contributed by atoms with Crippen LogP contribution in [0, 0.1) is 0 Å². The average Bonchev–Trinajstić information content (AvgIpc) is 2.53. The summed E-state index contributed by atoms with van der Waals surface area (Å²) in [7, 11) is 0. The molecular weight excluding hydrogens is 324 g/mol. The van der Waals surface area contributed by atoms with E-state index in [4.69, 9.17) is 4.74 Å². The molecule has 3 rings (SSSR count). The first kappa shape index (κ1) is 15.6. The summed E-state index contributed by atoms with van der Waals surface area (Å²) in [4.78, 5) is 51.4. The number of benzene rings is 1. The standard InChI is InChI=1S/C15H8O9/c16-7-4-10(19)12-11(5-7)23-15(24-22,14(21)13(12)20)6-1-2-8(17)9(18)3-6/h1-5,16,19,22H. The predicted octanol–water partition coefficient (Wildman–Crippen LogP) is 0.0623. The van der Waals surface area contributed by atoms with E-state index >= 15 is 0 Å². The Morgan fingerprint density at radius 3 is 2.33 bits per heavy atom. The molecule has 0 fully saturated rings. The maximum absolute atomic E-state index is 12.4. The molecule has 1 aromatic rings. The Bertz CT molecular complexity index is 877. The third-order valence-corrected chi connectivity index (χ3v) is 3.50. The predicted molar refractivity (Wildman–Crippen MR) is 73.4 cm³/mol. The highest BCUT2D eigenvalue weighted by Crippen LogP contribution is 2.42. The first-order valence-electron chi connectivity index (χ1n) is 6.45. The minimum Gasteiger partial charge on any atom is -0.508 e. The second kappa shape index (κ2) is 5.11. The fourth-order valence-electron chi connectivity index (χ4n) is 2.38. The van der Waals surface area contributed by atoms with E-state index in [0.717, 1.165) is 24.3 Å². The first-order valence-corrected chi connectivity index (χ1v) is 6.45. The van der Waals surface area contributed by atoms with Gasteiger partial charge in [0.2, 0.25) is 17.3 Å². The second-order valence-corrected chi connectivity index (χ2v) is 4.97. The quantitative estimate of drug-likeness (QED) is 0.296. The lowest BCUT2D eigenvalue weighted by Crippen LogP contribution is -2.54. The maximum atomic E-state index is 12.4. The summed E-state index contributed by atoms with van der Waals surface area (Å²) < 4.78 is 5.19. The zero-order chi connectivity index (χ0) is 17.6. The lowest BCUT2D eigenvalue weighted by atomic mass is 9.88. The molecule has 1 atom stereocenters. The molecule has 1 aliphatic carbocycles. The summed E-state index contributed by atoms with van der Waals surface area (Å²) in [6, 6.07) is 1.73. The normalized spacial score (nSPS) is 23.0. The molecule has 24 heavy (non-hydrogen) atoms. The van der Waals surface area contributed by atoms with E-state index in [9.17, 15) is 34.6 Å². The van der Waals surface area contributed by atoms with Crippen LogP contribution < -0.4 is 4.74 Å². The summed E-state index contributed by atoms with van der Waals surface area (Å²) in [5.74, 6) is -9.00. The van der Waals surface area contributed by atoms with E-state index in [1.165, 1.54) is 0 Å². The van der Waals surface area contributed by atoms with E-state index < -0.39 is 57.3 Å². The highest BCUT2D eigenvalue weighted by molar-refractivity contribution is 6.50. The molecule has 0 spiro atoms. The number of rotatable bonds is 2. The smallest absolute Gasteiger partial charge is 0.334 e. The molecule has 0 radical (unpaired) electrons. The van der Waals surface area contributed by atoms with E-state index in [1.807, 2.05) is 0 Å². The van der Waals surface area contributed by atoms with Crippen LogP contribution in [-0.4, -0.2) is 44.4 Å². The van der Waals surface area contributed by atoms with Crippen molar-refractivity contribution in [3.8, 4) is 17.2 Å². The van der Waals surface area contributed by atoms with Gasteiger partial charge in [-0.15, -0.1) is 0 Å². The first-order chi connectivity index (χ1) is 11.3. The topological polar surface area (TPSA) is 147 Å². The number of allylic oxidation sites excluding steroid dienone is 2. The molecule has 0 saturated carbocycles. The van der Waals surface area contributed by atoms with Crippen LogP contribution in [0.4, 0.5) is 0 Å². The third-order valence-electron chi connectivity index (χ3n) is 3.50. The molecule has 9 heteroatoms. The van der Waals surface area contributed by atoms with Gasteiger partial charge in [0, 0.05) is 17.7 Å². The lowest BCUT2D eigenvalue weighted by Gasteiger charge is -2.34. The summed E-state index contributed by atoms with van der Waals surface area (Å²) in [6.07, 6.45) is 2.46. The van der Waals surface area contributed by atoms with Crippen molar-refractivity contribution >= 4 is 23.1 Å². The van der Waals surface area contributed by atoms with Crippen molar-refractivity contribution in [1.82, 2.24) is 0 Å². The highest BCUT2D eigenvalue weighted by Gasteiger charge is 2.55. The number of phenols is 2. The number of hydrogen-bond acceptors (Lipinski definition) is 9. The highest BCUT2D eigenvalue weighted by atomic mass is 17.1. The number of aromatic hydroxyl groups is 2. The summed E-state index contributed by atoms with van der Waals surface area (Å²) in [6.45, 7) is 0. The number of phenolic OH excluding ortho intramolecular Hbond substituents is 2. The molecule has 122 valence electrons. The molecule has 0 saturated heterocycles.